The first-order valence-corrected chi connectivity index (χ1v) is 6.56. The Kier molecular flexibility index (Phi) is 4.40. The molecule has 20 heavy (non-hydrogen) atoms. The third kappa shape index (κ3) is 3.38. The van der Waals surface area contributed by atoms with Crippen molar-refractivity contribution in [1.29, 1.82) is 0 Å². The van der Waals surface area contributed by atoms with Gasteiger partial charge in [0.25, 0.3) is 5.91 Å². The molecule has 0 aliphatic heterocycles. The van der Waals surface area contributed by atoms with E-state index >= 15 is 0 Å². The zero-order valence-corrected chi connectivity index (χ0v) is 11.8. The molecule has 1 N–H and O–H groups in total. The lowest BCUT2D eigenvalue weighted by molar-refractivity contribution is -0.122. The van der Waals surface area contributed by atoms with Crippen LogP contribution in [0.15, 0.2) is 34.9 Å². The van der Waals surface area contributed by atoms with E-state index in [-0.39, 0.29) is 5.91 Å². The first-order chi connectivity index (χ1) is 9.60. The second kappa shape index (κ2) is 6.23. The number of carbonyl (C=O) groups is 1. The summed E-state index contributed by atoms with van der Waals surface area (Å²) in [6.07, 6.45) is 0.00453. The lowest BCUT2D eigenvalue weighted by Gasteiger charge is -2.17. The minimum atomic E-state index is -0.562. The maximum Gasteiger partial charge on any atom is 0.266 e. The van der Waals surface area contributed by atoms with Crippen molar-refractivity contribution in [2.45, 2.75) is 33.3 Å². The van der Waals surface area contributed by atoms with Crippen LogP contribution in [0.5, 0.6) is 5.75 Å². The third-order valence-corrected chi connectivity index (χ3v) is 2.91. The van der Waals surface area contributed by atoms with Gasteiger partial charge >= 0.3 is 0 Å². The topological polar surface area (TPSA) is 64.4 Å². The average molecular weight is 274 g/mol. The highest BCUT2D eigenvalue weighted by atomic mass is 16.5. The normalized spacial score (nSPS) is 11.9. The number of amides is 1. The largest absolute Gasteiger partial charge is 0.480 e. The van der Waals surface area contributed by atoms with E-state index < -0.39 is 6.10 Å². The van der Waals surface area contributed by atoms with E-state index in [0.29, 0.717) is 23.7 Å². The summed E-state index contributed by atoms with van der Waals surface area (Å²) >= 11 is 0. The molecular formula is C15H18N2O3. The van der Waals surface area contributed by atoms with Crippen molar-refractivity contribution < 1.29 is 14.1 Å². The molecule has 1 unspecified atom stereocenters. The number of nitrogens with one attached hydrogen (secondary N) is 1. The predicted molar refractivity (Wildman–Crippen MR) is 75.8 cm³/mol. The molecule has 5 nitrogen and oxygen atoms in total. The molecule has 0 fully saturated rings. The van der Waals surface area contributed by atoms with Gasteiger partial charge in [0.15, 0.2) is 11.9 Å². The Labute approximate surface area is 117 Å². The van der Waals surface area contributed by atoms with E-state index in [9.17, 15) is 4.79 Å². The van der Waals surface area contributed by atoms with Gasteiger partial charge in [0.2, 0.25) is 0 Å². The summed E-state index contributed by atoms with van der Waals surface area (Å²) in [6.45, 7) is 5.61. The second-order valence-electron chi connectivity index (χ2n) is 4.59. The Morgan fingerprint density at radius 2 is 2.15 bits per heavy atom. The summed E-state index contributed by atoms with van der Waals surface area (Å²) < 4.78 is 10.7. The van der Waals surface area contributed by atoms with Crippen LogP contribution in [-0.2, 0) is 4.79 Å². The van der Waals surface area contributed by atoms with Gasteiger partial charge in [-0.15, -0.1) is 0 Å². The van der Waals surface area contributed by atoms with Gasteiger partial charge in [-0.05, 0) is 31.9 Å². The standard InChI is InChI=1S/C15H18N2O3/c1-4-12(19-13-8-6-5-7-10(13)2)15(18)16-14-9-11(3)20-17-14/h5-9,12H,4H2,1-3H3,(H,16,17,18). The van der Waals surface area contributed by atoms with Crippen LogP contribution in [-0.4, -0.2) is 17.2 Å². The number of hydrogen-bond acceptors (Lipinski definition) is 4. The Balaban J connectivity index is 2.04. The zero-order chi connectivity index (χ0) is 14.5. The average Bonchev–Trinajstić information content (AvgIpc) is 2.83. The lowest BCUT2D eigenvalue weighted by Crippen LogP contribution is -2.32. The van der Waals surface area contributed by atoms with Crippen molar-refractivity contribution in [1.82, 2.24) is 5.16 Å². The molecule has 1 aromatic heterocycles. The summed E-state index contributed by atoms with van der Waals surface area (Å²) in [6, 6.07) is 9.28. The molecule has 5 heteroatoms. The SMILES string of the molecule is CCC(Oc1ccccc1C)C(=O)Nc1cc(C)on1. The van der Waals surface area contributed by atoms with E-state index in [1.165, 1.54) is 0 Å². The number of carbonyl (C=O) groups excluding carboxylic acids is 1. The van der Waals surface area contributed by atoms with Crippen molar-refractivity contribution in [3.8, 4) is 5.75 Å². The Bertz CT molecular complexity index is 592. The molecule has 0 saturated heterocycles. The first kappa shape index (κ1) is 14.1. The molecule has 1 aromatic carbocycles. The quantitative estimate of drug-likeness (QED) is 0.910. The van der Waals surface area contributed by atoms with Crippen LogP contribution in [0, 0.1) is 13.8 Å². The van der Waals surface area contributed by atoms with Gasteiger partial charge in [0.05, 0.1) is 0 Å². The second-order valence-corrected chi connectivity index (χ2v) is 4.59. The Hall–Kier alpha value is -2.30. The maximum absolute atomic E-state index is 12.2. The number of aromatic nitrogens is 1. The molecule has 1 amide bonds. The highest BCUT2D eigenvalue weighted by molar-refractivity contribution is 5.93. The number of hydrogen-bond donors (Lipinski definition) is 1. The van der Waals surface area contributed by atoms with Crippen LogP contribution in [0.1, 0.15) is 24.7 Å². The minimum absolute atomic E-state index is 0.232. The Morgan fingerprint density at radius 1 is 1.40 bits per heavy atom. The van der Waals surface area contributed by atoms with Crippen LogP contribution in [0.3, 0.4) is 0 Å². The highest BCUT2D eigenvalue weighted by Gasteiger charge is 2.20. The number of ether oxygens (including phenoxy) is 1. The molecule has 0 aliphatic rings. The van der Waals surface area contributed by atoms with Crippen LogP contribution in [0.4, 0.5) is 5.82 Å². The minimum Gasteiger partial charge on any atom is -0.480 e. The molecule has 0 aliphatic carbocycles. The summed E-state index contributed by atoms with van der Waals surface area (Å²) in [5, 5.41) is 6.42. The fourth-order valence-corrected chi connectivity index (χ4v) is 1.80. The number of rotatable bonds is 5. The number of anilines is 1. The van der Waals surface area contributed by atoms with Crippen LogP contribution in [0.25, 0.3) is 0 Å². The lowest BCUT2D eigenvalue weighted by atomic mass is 10.2. The smallest absolute Gasteiger partial charge is 0.266 e. The van der Waals surface area contributed by atoms with Gasteiger partial charge in [0.1, 0.15) is 11.5 Å². The van der Waals surface area contributed by atoms with Gasteiger partial charge in [-0.1, -0.05) is 30.3 Å². The molecule has 106 valence electrons. The number of para-hydroxylation sites is 1. The molecule has 2 rings (SSSR count). The van der Waals surface area contributed by atoms with Crippen LogP contribution < -0.4 is 10.1 Å². The van der Waals surface area contributed by atoms with E-state index in [0.717, 1.165) is 5.56 Å². The van der Waals surface area contributed by atoms with Gasteiger partial charge < -0.3 is 14.6 Å². The van der Waals surface area contributed by atoms with Gasteiger partial charge in [0, 0.05) is 6.07 Å². The molecule has 1 heterocycles. The first-order valence-electron chi connectivity index (χ1n) is 6.56. The summed E-state index contributed by atoms with van der Waals surface area (Å²) in [7, 11) is 0. The molecule has 1 atom stereocenters. The van der Waals surface area contributed by atoms with Crippen molar-refractivity contribution in [2.24, 2.45) is 0 Å². The molecule has 0 spiro atoms. The summed E-state index contributed by atoms with van der Waals surface area (Å²) in [4.78, 5) is 12.2. The van der Waals surface area contributed by atoms with Crippen LogP contribution in [0.2, 0.25) is 0 Å². The van der Waals surface area contributed by atoms with Gasteiger partial charge in [-0.2, -0.15) is 0 Å². The van der Waals surface area contributed by atoms with E-state index in [4.69, 9.17) is 9.26 Å². The van der Waals surface area contributed by atoms with Gasteiger partial charge in [-0.3, -0.25) is 4.79 Å². The zero-order valence-electron chi connectivity index (χ0n) is 11.8. The van der Waals surface area contributed by atoms with Crippen LogP contribution >= 0.6 is 0 Å². The fourth-order valence-electron chi connectivity index (χ4n) is 1.80. The molecule has 0 radical (unpaired) electrons. The number of benzene rings is 1. The van der Waals surface area contributed by atoms with E-state index in [1.54, 1.807) is 13.0 Å². The molecule has 0 bridgehead atoms. The Morgan fingerprint density at radius 3 is 2.75 bits per heavy atom. The summed E-state index contributed by atoms with van der Waals surface area (Å²) in [5.74, 6) is 1.53. The number of aryl methyl sites for hydroxylation is 2. The fraction of sp³-hybridized carbons (Fsp3) is 0.333. The number of nitrogens with zero attached hydrogens (tertiary/aromatic N) is 1. The van der Waals surface area contributed by atoms with Crippen molar-refractivity contribution in [3.05, 3.63) is 41.7 Å². The predicted octanol–water partition coefficient (Wildman–Crippen LogP) is 3.09. The van der Waals surface area contributed by atoms with Crippen molar-refractivity contribution >= 4 is 11.7 Å². The van der Waals surface area contributed by atoms with E-state index in [1.807, 2.05) is 38.1 Å². The van der Waals surface area contributed by atoms with Gasteiger partial charge in [-0.25, -0.2) is 0 Å². The van der Waals surface area contributed by atoms with Crippen molar-refractivity contribution in [3.63, 3.8) is 0 Å². The highest BCUT2D eigenvalue weighted by Crippen LogP contribution is 2.19. The summed E-state index contributed by atoms with van der Waals surface area (Å²) in [5.41, 5.74) is 0.996. The monoisotopic (exact) mass is 274 g/mol. The molecular weight excluding hydrogens is 256 g/mol. The maximum atomic E-state index is 12.2. The van der Waals surface area contributed by atoms with Crippen molar-refractivity contribution in [2.75, 3.05) is 5.32 Å². The third-order valence-electron chi connectivity index (χ3n) is 2.91. The van der Waals surface area contributed by atoms with E-state index in [2.05, 4.69) is 10.5 Å². The molecule has 2 aromatic rings. The molecule has 0 saturated carbocycles.